The van der Waals surface area contributed by atoms with E-state index in [1.807, 2.05) is 91.0 Å². The highest BCUT2D eigenvalue weighted by Gasteiger charge is 2.74. The van der Waals surface area contributed by atoms with Crippen molar-refractivity contribution in [3.05, 3.63) is 139 Å². The van der Waals surface area contributed by atoms with E-state index in [1.54, 1.807) is 4.90 Å². The summed E-state index contributed by atoms with van der Waals surface area (Å²) in [6.45, 7) is 9.83. The average Bonchev–Trinajstić information content (AvgIpc) is 1.54. The van der Waals surface area contributed by atoms with Gasteiger partial charge in [0.2, 0.25) is 0 Å². The lowest BCUT2D eigenvalue weighted by molar-refractivity contribution is -0.185. The van der Waals surface area contributed by atoms with Crippen LogP contribution in [0.1, 0.15) is 79.0 Å². The number of rotatable bonds is 25. The molecule has 4 aliphatic rings. The van der Waals surface area contributed by atoms with Gasteiger partial charge in [-0.1, -0.05) is 91.0 Å². The minimum absolute atomic E-state index is 0.00176. The van der Waals surface area contributed by atoms with Crippen LogP contribution in [0.3, 0.4) is 0 Å². The number of phosphoric acid groups is 2. The van der Waals surface area contributed by atoms with Crippen LogP contribution < -0.4 is 26.2 Å². The van der Waals surface area contributed by atoms with Crippen molar-refractivity contribution in [1.29, 1.82) is 0 Å². The van der Waals surface area contributed by atoms with Gasteiger partial charge in [-0.15, -0.1) is 0 Å². The Bertz CT molecular complexity index is 4300. The lowest BCUT2D eigenvalue weighted by Gasteiger charge is -2.45. The fraction of sp³-hybridized carbons (Fsp3) is 0.467. The van der Waals surface area contributed by atoms with Gasteiger partial charge in [0.25, 0.3) is 0 Å². The van der Waals surface area contributed by atoms with Crippen LogP contribution in [-0.2, 0) is 81.6 Å². The first-order chi connectivity index (χ1) is 45.2. The molecule has 0 aliphatic carbocycles. The summed E-state index contributed by atoms with van der Waals surface area (Å²) in [4.78, 5) is 71.3. The van der Waals surface area contributed by atoms with Crippen molar-refractivity contribution in [2.75, 3.05) is 52.7 Å². The second kappa shape index (κ2) is 25.0. The number of benzene rings is 3. The van der Waals surface area contributed by atoms with E-state index in [2.05, 4.69) is 61.1 Å². The minimum Gasteiger partial charge on any atom is -0.384 e. The number of nitrogens with one attached hydrogen (secondary N) is 4. The first kappa shape index (κ1) is 68.9. The normalized spacial score (nSPS) is 32.6. The Hall–Kier alpha value is -7.07. The van der Waals surface area contributed by atoms with Crippen molar-refractivity contribution in [3.63, 3.8) is 0 Å². The largest absolute Gasteiger partial charge is 0.473 e. The Balaban J connectivity index is 0.832. The van der Waals surface area contributed by atoms with Crippen LogP contribution in [0.4, 0.5) is 29.0 Å². The number of hydrogen-bond donors (Lipinski definition) is 11. The predicted molar refractivity (Wildman–Crippen MR) is 345 cm³/mol. The molecular formula is C60H76N15O18P3. The van der Waals surface area contributed by atoms with Gasteiger partial charge in [0.15, 0.2) is 62.8 Å². The van der Waals surface area contributed by atoms with Gasteiger partial charge >= 0.3 is 23.9 Å². The molecule has 15 unspecified atom stereocenters. The van der Waals surface area contributed by atoms with E-state index in [1.165, 1.54) is 96.2 Å². The molecule has 0 radical (unpaired) electrons. The molecular weight excluding hydrogens is 1310 g/mol. The van der Waals surface area contributed by atoms with E-state index in [0.717, 1.165) is 23.6 Å². The van der Waals surface area contributed by atoms with Crippen LogP contribution in [0, 0.1) is 0 Å². The van der Waals surface area contributed by atoms with Crippen LogP contribution >= 0.6 is 23.9 Å². The topological polar surface area (TPSA) is 431 Å². The number of imidazole rings is 2. The maximum absolute atomic E-state index is 14.9. The zero-order chi connectivity index (χ0) is 68.7. The molecule has 5 aromatic heterocycles. The van der Waals surface area contributed by atoms with Gasteiger partial charge in [-0.25, -0.2) is 49.0 Å². The molecule has 3 aromatic carbocycles. The Labute approximate surface area is 550 Å². The molecule has 12 rings (SSSR count). The van der Waals surface area contributed by atoms with Crippen LogP contribution in [0.2, 0.25) is 0 Å². The molecule has 3 saturated heterocycles. The molecule has 0 spiro atoms. The van der Waals surface area contributed by atoms with Crippen molar-refractivity contribution < 1.29 is 85.6 Å². The number of ether oxygens (including phenoxy) is 3. The van der Waals surface area contributed by atoms with Gasteiger partial charge in [0, 0.05) is 19.6 Å². The summed E-state index contributed by atoms with van der Waals surface area (Å²) < 4.78 is 93.0. The molecule has 15 atom stereocenters. The number of aromatic nitrogens is 10. The van der Waals surface area contributed by atoms with Gasteiger partial charge in [-0.3, -0.25) is 31.8 Å². The van der Waals surface area contributed by atoms with Crippen molar-refractivity contribution >= 4 is 75.2 Å². The van der Waals surface area contributed by atoms with Crippen molar-refractivity contribution in [1.82, 2.24) is 49.0 Å². The number of phosphoric ester groups is 2. The molecule has 0 saturated carbocycles. The third-order valence-corrected chi connectivity index (χ3v) is 22.4. The van der Waals surface area contributed by atoms with E-state index in [9.17, 15) is 48.8 Å². The van der Waals surface area contributed by atoms with E-state index in [4.69, 9.17) is 36.8 Å². The van der Waals surface area contributed by atoms with E-state index in [0.29, 0.717) is 42.8 Å². The Morgan fingerprint density at radius 3 is 1.39 bits per heavy atom. The Morgan fingerprint density at radius 2 is 0.938 bits per heavy atom. The third kappa shape index (κ3) is 11.6. The van der Waals surface area contributed by atoms with E-state index >= 15 is 0 Å². The Kier molecular flexibility index (Phi) is 18.0. The lowest BCUT2D eigenvalue weighted by Crippen LogP contribution is -2.66. The van der Waals surface area contributed by atoms with Crippen molar-refractivity contribution in [3.8, 4) is 0 Å². The molecule has 514 valence electrons. The molecule has 9 heterocycles. The highest BCUT2D eigenvalue weighted by molar-refractivity contribution is 7.47. The quantitative estimate of drug-likeness (QED) is 0.0309. The first-order valence-electron chi connectivity index (χ1n) is 30.4. The summed E-state index contributed by atoms with van der Waals surface area (Å²) in [7, 11) is -15.1. The van der Waals surface area contributed by atoms with Crippen LogP contribution in [0.15, 0.2) is 123 Å². The second-order valence-electron chi connectivity index (χ2n) is 25.4. The summed E-state index contributed by atoms with van der Waals surface area (Å²) >= 11 is 0. The van der Waals surface area contributed by atoms with Crippen LogP contribution in [-0.4, -0.2) is 168 Å². The first-order valence-corrected chi connectivity index (χ1v) is 34.7. The monoisotopic (exact) mass is 1390 g/mol. The second-order valence-corrected chi connectivity index (χ2v) is 28.9. The van der Waals surface area contributed by atoms with Crippen LogP contribution in [0.25, 0.3) is 22.3 Å². The molecule has 33 nitrogen and oxygen atoms in total. The number of fused-ring (bicyclic) bond motifs is 3. The van der Waals surface area contributed by atoms with E-state index in [-0.39, 0.29) is 34.8 Å². The van der Waals surface area contributed by atoms with Crippen LogP contribution in [0.5, 0.6) is 0 Å². The van der Waals surface area contributed by atoms with Gasteiger partial charge in [0.05, 0.1) is 39.1 Å². The summed E-state index contributed by atoms with van der Waals surface area (Å²) in [6, 6.07) is 28.5. The van der Waals surface area contributed by atoms with Gasteiger partial charge in [-0.05, 0) is 79.0 Å². The molecule has 36 heteroatoms. The fourth-order valence-electron chi connectivity index (χ4n) is 13.0. The number of aliphatic hydroxyl groups is 4. The predicted octanol–water partition coefficient (Wildman–Crippen LogP) is 5.63. The van der Waals surface area contributed by atoms with Gasteiger partial charge in [0.1, 0.15) is 76.6 Å². The van der Waals surface area contributed by atoms with Crippen molar-refractivity contribution in [2.45, 2.75) is 151 Å². The molecule has 0 amide bonds. The Morgan fingerprint density at radius 1 is 0.542 bits per heavy atom. The lowest BCUT2D eigenvalue weighted by atomic mass is 9.78. The molecule has 8 aromatic rings. The van der Waals surface area contributed by atoms with E-state index < -0.39 is 113 Å². The number of hydrogen-bond acceptors (Lipinski definition) is 28. The fourth-order valence-corrected chi connectivity index (χ4v) is 15.6. The van der Waals surface area contributed by atoms with Gasteiger partial charge in [-0.2, -0.15) is 0 Å². The standard InChI is InChI=1S/C60H76N15O18P3/c1-52(76)40(89-58(7,55(52,4)77)73-34-70-43-46(64-31-67-49(43)73)61-25-37-19-13-10-14-20-37)29-87-95(82,83)93-54(3)42(91-60(9,57(54,6)79)75-36-72-45-48(66-33-69-51(45)75)63-27-39-23-17-12-18-24-39)30-88-96(84,85)92-53(2)41(28-86-94(80)81)90-59(8,56(53,5)78)74-35-71-44-47(65-32-68-50(44)74)62-26-38-21-15-11-16-22-38/h10-24,31-33,35-36,40-42,70,76-79,94H,25-30,34H2,1-9H3,(H,80,81)(H,82,83)(H,84,85)(H,61,64,67)(H,62,65,68)(H,63,66,69). The average molecular weight is 1390 g/mol. The summed E-state index contributed by atoms with van der Waals surface area (Å²) in [5.74, 6) is 1.31. The zero-order valence-corrected chi connectivity index (χ0v) is 56.5. The maximum Gasteiger partial charge on any atom is 0.473 e. The van der Waals surface area contributed by atoms with Crippen molar-refractivity contribution in [2.24, 2.45) is 0 Å². The molecule has 96 heavy (non-hydrogen) atoms. The highest BCUT2D eigenvalue weighted by atomic mass is 31.2. The highest BCUT2D eigenvalue weighted by Crippen LogP contribution is 2.63. The minimum atomic E-state index is -5.70. The maximum atomic E-state index is 14.9. The number of anilines is 5. The molecule has 3 fully saturated rings. The third-order valence-electron chi connectivity index (χ3n) is 19.9. The summed E-state index contributed by atoms with van der Waals surface area (Å²) in [6.07, 6.45) is 1.20. The number of nitrogens with zero attached hydrogens (tertiary/aromatic N) is 11. The molecule has 0 bridgehead atoms. The smallest absolute Gasteiger partial charge is 0.384 e. The summed E-state index contributed by atoms with van der Waals surface area (Å²) in [5, 5.41) is 63.9. The summed E-state index contributed by atoms with van der Waals surface area (Å²) in [5.41, 5.74) is -16.7. The van der Waals surface area contributed by atoms with Gasteiger partial charge < -0.3 is 80.0 Å². The SMILES string of the molecule is CC1(O)C(COP(=O)(O)OC2(C)C(COP(=O)(O)OC3(C)C(CO[PH](=O)O)OC(C)(n4cnc5c(NCc6ccccc6)ncnc54)C3(C)O)OC(C)(n3cnc4c(NCc5ccccc5)ncnc43)C2(C)O)OC(C)(N2CNc3c(NCc4ccccc4)ncnc32)C1(C)O. The molecule has 4 aliphatic heterocycles. The zero-order valence-electron chi connectivity index (χ0n) is 53.7. The molecule has 11 N–H and O–H groups in total.